The number of aromatic nitrogens is 1. The van der Waals surface area contributed by atoms with Crippen molar-refractivity contribution in [2.45, 2.75) is 25.8 Å². The second kappa shape index (κ2) is 7.80. The monoisotopic (exact) mass is 387 g/mol. The van der Waals surface area contributed by atoms with Gasteiger partial charge in [-0.3, -0.25) is 4.79 Å². The second-order valence-corrected chi connectivity index (χ2v) is 7.12. The molecule has 0 saturated carbocycles. The van der Waals surface area contributed by atoms with Gasteiger partial charge in [0, 0.05) is 23.9 Å². The van der Waals surface area contributed by atoms with E-state index in [0.717, 1.165) is 27.2 Å². The molecule has 4 aromatic rings. The van der Waals surface area contributed by atoms with Gasteiger partial charge >= 0.3 is 11.9 Å². The van der Waals surface area contributed by atoms with Crippen molar-refractivity contribution >= 4 is 33.6 Å². The molecule has 4 rings (SSSR count). The number of carboxylic acid groups (broad SMARTS) is 2. The lowest BCUT2D eigenvalue weighted by Gasteiger charge is -2.12. The van der Waals surface area contributed by atoms with Crippen molar-refractivity contribution in [3.63, 3.8) is 0 Å². The Bertz CT molecular complexity index is 1220. The third-order valence-corrected chi connectivity index (χ3v) is 5.30. The first-order valence-corrected chi connectivity index (χ1v) is 9.58. The van der Waals surface area contributed by atoms with Crippen LogP contribution in [0.15, 0.2) is 66.7 Å². The Kier molecular flexibility index (Phi) is 5.04. The van der Waals surface area contributed by atoms with Crippen LogP contribution in [0, 0.1) is 0 Å². The summed E-state index contributed by atoms with van der Waals surface area (Å²) in [6.45, 7) is 0.433. The number of hydrogen-bond acceptors (Lipinski definition) is 2. The van der Waals surface area contributed by atoms with E-state index < -0.39 is 11.9 Å². The number of aliphatic carboxylic acids is 1. The standard InChI is InChI=1S/C24H21NO4/c26-22(27)14-6-12-20-19-11-3-4-13-21(19)25(23(20)24(28)29)15-17-9-5-8-16-7-1-2-10-18(16)17/h1-5,7-11,13H,6,12,14-15H2,(H,26,27)(H,28,29). The number of para-hydroxylation sites is 1. The van der Waals surface area contributed by atoms with Crippen molar-refractivity contribution in [3.05, 3.63) is 83.6 Å². The van der Waals surface area contributed by atoms with E-state index in [4.69, 9.17) is 5.11 Å². The minimum atomic E-state index is -0.994. The largest absolute Gasteiger partial charge is 0.481 e. The SMILES string of the molecule is O=C(O)CCCc1c(C(=O)O)n(Cc2cccc3ccccc23)c2ccccc12. The van der Waals surface area contributed by atoms with E-state index in [1.807, 2.05) is 71.3 Å². The summed E-state index contributed by atoms with van der Waals surface area (Å²) in [5.41, 5.74) is 2.84. The Balaban J connectivity index is 1.86. The Morgan fingerprint density at radius 3 is 2.28 bits per heavy atom. The van der Waals surface area contributed by atoms with Crippen LogP contribution in [0.25, 0.3) is 21.7 Å². The Hall–Kier alpha value is -3.60. The molecule has 0 unspecified atom stereocenters. The highest BCUT2D eigenvalue weighted by Gasteiger charge is 2.22. The number of benzene rings is 3. The first kappa shape index (κ1) is 18.7. The van der Waals surface area contributed by atoms with Gasteiger partial charge in [0.25, 0.3) is 0 Å². The topological polar surface area (TPSA) is 79.5 Å². The number of fused-ring (bicyclic) bond motifs is 2. The number of carboxylic acids is 2. The zero-order valence-electron chi connectivity index (χ0n) is 15.8. The van der Waals surface area contributed by atoms with Gasteiger partial charge in [-0.25, -0.2) is 4.79 Å². The Morgan fingerprint density at radius 1 is 0.828 bits per heavy atom. The third-order valence-electron chi connectivity index (χ3n) is 5.30. The molecular weight excluding hydrogens is 366 g/mol. The number of carbonyl (C=O) groups is 2. The first-order valence-electron chi connectivity index (χ1n) is 9.58. The van der Waals surface area contributed by atoms with E-state index in [-0.39, 0.29) is 12.1 Å². The summed E-state index contributed by atoms with van der Waals surface area (Å²) in [7, 11) is 0. The molecule has 0 spiro atoms. The number of hydrogen-bond donors (Lipinski definition) is 2. The van der Waals surface area contributed by atoms with Crippen molar-refractivity contribution in [2.24, 2.45) is 0 Å². The molecule has 0 atom stereocenters. The van der Waals surface area contributed by atoms with Gasteiger partial charge in [-0.05, 0) is 40.8 Å². The normalized spacial score (nSPS) is 11.2. The molecular formula is C24H21NO4. The molecule has 0 saturated heterocycles. The highest BCUT2D eigenvalue weighted by molar-refractivity contribution is 5.98. The highest BCUT2D eigenvalue weighted by Crippen LogP contribution is 2.30. The van der Waals surface area contributed by atoms with E-state index in [1.165, 1.54) is 0 Å². The van der Waals surface area contributed by atoms with E-state index in [0.29, 0.717) is 24.9 Å². The van der Waals surface area contributed by atoms with Crippen molar-refractivity contribution in [1.82, 2.24) is 4.57 Å². The molecule has 1 aromatic heterocycles. The highest BCUT2D eigenvalue weighted by atomic mass is 16.4. The van der Waals surface area contributed by atoms with Gasteiger partial charge in [-0.15, -0.1) is 0 Å². The fourth-order valence-electron chi connectivity index (χ4n) is 4.05. The molecule has 5 heteroatoms. The third kappa shape index (κ3) is 3.59. The van der Waals surface area contributed by atoms with Gasteiger partial charge in [0.2, 0.25) is 0 Å². The maximum Gasteiger partial charge on any atom is 0.352 e. The van der Waals surface area contributed by atoms with Crippen LogP contribution in [0.4, 0.5) is 0 Å². The Labute approximate surface area is 167 Å². The quantitative estimate of drug-likeness (QED) is 0.470. The summed E-state index contributed by atoms with van der Waals surface area (Å²) >= 11 is 0. The lowest BCUT2D eigenvalue weighted by molar-refractivity contribution is -0.137. The van der Waals surface area contributed by atoms with Crippen molar-refractivity contribution in [2.75, 3.05) is 0 Å². The van der Waals surface area contributed by atoms with Gasteiger partial charge in [-0.2, -0.15) is 0 Å². The fourth-order valence-corrected chi connectivity index (χ4v) is 4.05. The van der Waals surface area contributed by atoms with Crippen LogP contribution >= 0.6 is 0 Å². The van der Waals surface area contributed by atoms with E-state index >= 15 is 0 Å². The molecule has 2 N–H and O–H groups in total. The van der Waals surface area contributed by atoms with Crippen LogP contribution in [0.3, 0.4) is 0 Å². The van der Waals surface area contributed by atoms with Gasteiger partial charge < -0.3 is 14.8 Å². The number of aryl methyl sites for hydroxylation is 1. The number of nitrogens with zero attached hydrogens (tertiary/aromatic N) is 1. The minimum Gasteiger partial charge on any atom is -0.481 e. The summed E-state index contributed by atoms with van der Waals surface area (Å²) in [5.74, 6) is -1.87. The maximum absolute atomic E-state index is 12.2. The molecule has 0 aliphatic rings. The Morgan fingerprint density at radius 2 is 1.52 bits per heavy atom. The van der Waals surface area contributed by atoms with E-state index in [2.05, 4.69) is 0 Å². The summed E-state index contributed by atoms with van der Waals surface area (Å²) in [5, 5.41) is 22.0. The number of aromatic carboxylic acids is 1. The van der Waals surface area contributed by atoms with E-state index in [1.54, 1.807) is 0 Å². The maximum atomic E-state index is 12.2. The molecule has 0 amide bonds. The summed E-state index contributed by atoms with van der Waals surface area (Å²) in [6, 6.07) is 21.7. The predicted molar refractivity (Wildman–Crippen MR) is 113 cm³/mol. The van der Waals surface area contributed by atoms with Gasteiger partial charge in [0.05, 0.1) is 0 Å². The molecule has 0 bridgehead atoms. The molecule has 0 aliphatic heterocycles. The van der Waals surface area contributed by atoms with Gasteiger partial charge in [0.15, 0.2) is 0 Å². The van der Waals surface area contributed by atoms with Crippen LogP contribution < -0.4 is 0 Å². The van der Waals surface area contributed by atoms with Gasteiger partial charge in [-0.1, -0.05) is 60.7 Å². The van der Waals surface area contributed by atoms with Crippen LogP contribution in [-0.4, -0.2) is 26.7 Å². The summed E-state index contributed by atoms with van der Waals surface area (Å²) < 4.78 is 1.84. The molecule has 0 fully saturated rings. The molecule has 0 aliphatic carbocycles. The molecule has 3 aromatic carbocycles. The second-order valence-electron chi connectivity index (χ2n) is 7.12. The average molecular weight is 387 g/mol. The van der Waals surface area contributed by atoms with Crippen LogP contribution in [0.2, 0.25) is 0 Å². The molecule has 146 valence electrons. The van der Waals surface area contributed by atoms with Crippen LogP contribution in [-0.2, 0) is 17.8 Å². The zero-order chi connectivity index (χ0) is 20.4. The van der Waals surface area contributed by atoms with Crippen LogP contribution in [0.5, 0.6) is 0 Å². The van der Waals surface area contributed by atoms with Crippen molar-refractivity contribution < 1.29 is 19.8 Å². The molecule has 1 heterocycles. The summed E-state index contributed by atoms with van der Waals surface area (Å²) in [6.07, 6.45) is 0.830. The van der Waals surface area contributed by atoms with E-state index in [9.17, 15) is 14.7 Å². The lowest BCUT2D eigenvalue weighted by Crippen LogP contribution is -2.12. The summed E-state index contributed by atoms with van der Waals surface area (Å²) in [4.78, 5) is 23.1. The fraction of sp³-hybridized carbons (Fsp3) is 0.167. The zero-order valence-corrected chi connectivity index (χ0v) is 15.8. The molecule has 29 heavy (non-hydrogen) atoms. The number of rotatable bonds is 7. The average Bonchev–Trinajstić information content (AvgIpc) is 3.02. The van der Waals surface area contributed by atoms with Gasteiger partial charge in [0.1, 0.15) is 5.69 Å². The van der Waals surface area contributed by atoms with Crippen molar-refractivity contribution in [3.8, 4) is 0 Å². The predicted octanol–water partition coefficient (Wildman–Crippen LogP) is 4.95. The smallest absolute Gasteiger partial charge is 0.352 e. The van der Waals surface area contributed by atoms with Crippen molar-refractivity contribution in [1.29, 1.82) is 0 Å². The first-order chi connectivity index (χ1) is 14.1. The lowest BCUT2D eigenvalue weighted by atomic mass is 10.0. The molecule has 0 radical (unpaired) electrons. The van der Waals surface area contributed by atoms with Crippen LogP contribution in [0.1, 0.15) is 34.5 Å². The minimum absolute atomic E-state index is 0.0158. The molecule has 5 nitrogen and oxygen atoms in total.